The summed E-state index contributed by atoms with van der Waals surface area (Å²) in [5, 5.41) is 9.29. The van der Waals surface area contributed by atoms with Crippen LogP contribution in [0.3, 0.4) is 0 Å². The van der Waals surface area contributed by atoms with Crippen molar-refractivity contribution in [2.24, 2.45) is 0 Å². The molecule has 2 aliphatic rings. The second kappa shape index (κ2) is 6.18. The predicted molar refractivity (Wildman–Crippen MR) is 73.4 cm³/mol. The second-order valence-electron chi connectivity index (χ2n) is 5.01. The summed E-state index contributed by atoms with van der Waals surface area (Å²) < 4.78 is 23.5. The molecule has 0 radical (unpaired) electrons. The van der Waals surface area contributed by atoms with Crippen molar-refractivity contribution < 1.29 is 24.0 Å². The Balaban J connectivity index is 1.62. The molecular weight excluding hydrogens is 298 g/mol. The molecule has 7 nitrogen and oxygen atoms in total. The van der Waals surface area contributed by atoms with E-state index in [1.54, 1.807) is 0 Å². The SMILES string of the molecule is O=[N+]([O-])O[C@@H]1CO[C@H]2[C@@H]1OC[C@@H]2[S+]([O-])Cc1ccccc1. The van der Waals surface area contributed by atoms with Crippen LogP contribution in [0.2, 0.25) is 0 Å². The highest BCUT2D eigenvalue weighted by atomic mass is 32.2. The molecule has 2 heterocycles. The molecule has 0 aromatic heterocycles. The third-order valence-corrected chi connectivity index (χ3v) is 5.37. The van der Waals surface area contributed by atoms with Crippen molar-refractivity contribution >= 4 is 11.2 Å². The Morgan fingerprint density at radius 1 is 1.24 bits per heavy atom. The molecule has 2 fully saturated rings. The maximum atomic E-state index is 12.5. The van der Waals surface area contributed by atoms with Crippen molar-refractivity contribution in [3.05, 3.63) is 46.0 Å². The molecule has 2 saturated heterocycles. The first-order valence-corrected chi connectivity index (χ1v) is 7.99. The van der Waals surface area contributed by atoms with E-state index in [1.807, 2.05) is 30.3 Å². The molecule has 3 rings (SSSR count). The largest absolute Gasteiger partial charge is 0.616 e. The molecule has 1 aromatic carbocycles. The minimum atomic E-state index is -1.16. The monoisotopic (exact) mass is 313 g/mol. The fraction of sp³-hybridized carbons (Fsp3) is 0.538. The molecule has 1 unspecified atom stereocenters. The second-order valence-corrected chi connectivity index (χ2v) is 6.67. The summed E-state index contributed by atoms with van der Waals surface area (Å²) in [6, 6.07) is 9.53. The van der Waals surface area contributed by atoms with E-state index >= 15 is 0 Å². The summed E-state index contributed by atoms with van der Waals surface area (Å²) in [4.78, 5) is 15.0. The first kappa shape index (κ1) is 14.6. The number of nitrogens with zero attached hydrogens (tertiary/aromatic N) is 1. The van der Waals surface area contributed by atoms with Gasteiger partial charge in [0.05, 0.1) is 13.2 Å². The summed E-state index contributed by atoms with van der Waals surface area (Å²) >= 11 is -1.16. The van der Waals surface area contributed by atoms with Crippen LogP contribution in [-0.4, -0.2) is 46.4 Å². The maximum Gasteiger partial charge on any atom is 0.294 e. The van der Waals surface area contributed by atoms with E-state index < -0.39 is 34.6 Å². The Hall–Kier alpha value is -1.35. The highest BCUT2D eigenvalue weighted by Gasteiger charge is 2.53. The van der Waals surface area contributed by atoms with Gasteiger partial charge in [0.1, 0.15) is 18.0 Å². The van der Waals surface area contributed by atoms with Crippen LogP contribution in [0.15, 0.2) is 30.3 Å². The van der Waals surface area contributed by atoms with Crippen LogP contribution in [0.1, 0.15) is 5.56 Å². The van der Waals surface area contributed by atoms with Crippen molar-refractivity contribution in [2.45, 2.75) is 29.3 Å². The van der Waals surface area contributed by atoms with E-state index in [0.29, 0.717) is 5.75 Å². The third-order valence-electron chi connectivity index (χ3n) is 3.67. The van der Waals surface area contributed by atoms with Crippen LogP contribution >= 0.6 is 0 Å². The molecule has 21 heavy (non-hydrogen) atoms. The zero-order valence-corrected chi connectivity index (χ0v) is 11.9. The molecule has 8 heteroatoms. The zero-order chi connectivity index (χ0) is 14.8. The first-order valence-electron chi connectivity index (χ1n) is 6.60. The lowest BCUT2D eigenvalue weighted by Gasteiger charge is -2.20. The number of hydrogen-bond donors (Lipinski definition) is 0. The Bertz CT molecular complexity index is 501. The summed E-state index contributed by atoms with van der Waals surface area (Å²) in [6.07, 6.45) is -1.65. The van der Waals surface area contributed by atoms with Crippen LogP contribution < -0.4 is 0 Å². The molecular formula is C13H15NO6S. The van der Waals surface area contributed by atoms with Gasteiger partial charge in [-0.05, 0) is 11.2 Å². The van der Waals surface area contributed by atoms with Crippen LogP contribution in [0.25, 0.3) is 0 Å². The minimum absolute atomic E-state index is 0.0926. The van der Waals surface area contributed by atoms with Crippen molar-refractivity contribution in [3.63, 3.8) is 0 Å². The summed E-state index contributed by atoms with van der Waals surface area (Å²) in [5.41, 5.74) is 0.982. The topological polar surface area (TPSA) is 93.9 Å². The van der Waals surface area contributed by atoms with Crippen molar-refractivity contribution in [1.29, 1.82) is 0 Å². The van der Waals surface area contributed by atoms with Gasteiger partial charge in [-0.3, -0.25) is 0 Å². The van der Waals surface area contributed by atoms with Crippen LogP contribution in [0.5, 0.6) is 0 Å². The van der Waals surface area contributed by atoms with E-state index in [-0.39, 0.29) is 18.5 Å². The third kappa shape index (κ3) is 3.13. The average Bonchev–Trinajstić information content (AvgIpc) is 3.02. The number of ether oxygens (including phenoxy) is 2. The Kier molecular flexibility index (Phi) is 4.29. The number of rotatable bonds is 5. The van der Waals surface area contributed by atoms with Crippen LogP contribution in [0, 0.1) is 10.1 Å². The van der Waals surface area contributed by atoms with Gasteiger partial charge >= 0.3 is 0 Å². The number of hydrogen-bond acceptors (Lipinski definition) is 6. The molecule has 1 aromatic rings. The average molecular weight is 313 g/mol. The first-order chi connectivity index (χ1) is 10.1. The Morgan fingerprint density at radius 2 is 1.95 bits per heavy atom. The van der Waals surface area contributed by atoms with Crippen LogP contribution in [-0.2, 0) is 31.2 Å². The van der Waals surface area contributed by atoms with Gasteiger partial charge in [-0.25, -0.2) is 0 Å². The number of fused-ring (bicyclic) bond motifs is 1. The van der Waals surface area contributed by atoms with Gasteiger partial charge in [-0.2, -0.15) is 0 Å². The Morgan fingerprint density at radius 3 is 2.67 bits per heavy atom. The van der Waals surface area contributed by atoms with Crippen LogP contribution in [0.4, 0.5) is 0 Å². The molecule has 0 bridgehead atoms. The summed E-state index contributed by atoms with van der Waals surface area (Å²) in [7, 11) is 0. The molecule has 0 spiro atoms. The normalized spacial score (nSPS) is 32.6. The summed E-state index contributed by atoms with van der Waals surface area (Å²) in [6.45, 7) is 0.363. The minimum Gasteiger partial charge on any atom is -0.616 e. The lowest BCUT2D eigenvalue weighted by molar-refractivity contribution is -0.769. The quantitative estimate of drug-likeness (QED) is 0.451. The van der Waals surface area contributed by atoms with E-state index in [1.165, 1.54) is 0 Å². The van der Waals surface area contributed by atoms with Gasteiger partial charge in [0.15, 0.2) is 11.4 Å². The lowest BCUT2D eigenvalue weighted by atomic mass is 10.1. The van der Waals surface area contributed by atoms with Crippen molar-refractivity contribution in [2.75, 3.05) is 13.2 Å². The standard InChI is InChI=1S/C13H15NO6S/c15-14(16)20-10-6-18-13-11(7-19-12(10)13)21(17)8-9-4-2-1-3-5-9/h1-5,10-13H,6-8H2/t10-,11+,12-,13-,21?/m1/s1. The smallest absolute Gasteiger partial charge is 0.294 e. The molecule has 5 atom stereocenters. The molecule has 2 aliphatic heterocycles. The fourth-order valence-electron chi connectivity index (χ4n) is 2.70. The molecule has 0 aliphatic carbocycles. The van der Waals surface area contributed by atoms with E-state index in [2.05, 4.69) is 4.84 Å². The zero-order valence-electron chi connectivity index (χ0n) is 11.1. The van der Waals surface area contributed by atoms with Gasteiger partial charge in [-0.15, -0.1) is 10.1 Å². The molecule has 114 valence electrons. The van der Waals surface area contributed by atoms with E-state index in [9.17, 15) is 14.7 Å². The van der Waals surface area contributed by atoms with Gasteiger partial charge < -0.3 is 18.9 Å². The highest BCUT2D eigenvalue weighted by molar-refractivity contribution is 7.91. The Labute approximate surface area is 124 Å². The molecule has 0 N–H and O–H groups in total. The van der Waals surface area contributed by atoms with Crippen molar-refractivity contribution in [1.82, 2.24) is 0 Å². The van der Waals surface area contributed by atoms with Crippen molar-refractivity contribution in [3.8, 4) is 0 Å². The van der Waals surface area contributed by atoms with Gasteiger partial charge in [0.25, 0.3) is 5.09 Å². The lowest BCUT2D eigenvalue weighted by Crippen LogP contribution is -2.38. The summed E-state index contributed by atoms with van der Waals surface area (Å²) in [5.74, 6) is 0.419. The predicted octanol–water partition coefficient (Wildman–Crippen LogP) is 0.678. The number of benzene rings is 1. The van der Waals surface area contributed by atoms with E-state index in [4.69, 9.17) is 9.47 Å². The highest BCUT2D eigenvalue weighted by Crippen LogP contribution is 2.33. The van der Waals surface area contributed by atoms with Gasteiger partial charge in [0.2, 0.25) is 0 Å². The van der Waals surface area contributed by atoms with Gasteiger partial charge in [0, 0.05) is 5.56 Å². The van der Waals surface area contributed by atoms with Gasteiger partial charge in [-0.1, -0.05) is 30.3 Å². The van der Waals surface area contributed by atoms with E-state index in [0.717, 1.165) is 5.56 Å². The molecule has 0 saturated carbocycles. The molecule has 0 amide bonds. The fourth-order valence-corrected chi connectivity index (χ4v) is 4.20. The maximum absolute atomic E-state index is 12.5.